The van der Waals surface area contributed by atoms with E-state index in [0.717, 1.165) is 18.5 Å². The molecule has 1 aromatic carbocycles. The zero-order valence-electron chi connectivity index (χ0n) is 11.2. The Kier molecular flexibility index (Phi) is 4.52. The highest BCUT2D eigenvalue weighted by atomic mass is 19.1. The zero-order valence-corrected chi connectivity index (χ0v) is 11.2. The summed E-state index contributed by atoms with van der Waals surface area (Å²) in [5.41, 5.74) is 1.40. The van der Waals surface area contributed by atoms with Gasteiger partial charge in [-0.3, -0.25) is 4.57 Å². The lowest BCUT2D eigenvalue weighted by Crippen LogP contribution is -2.10. The van der Waals surface area contributed by atoms with Crippen LogP contribution in [0.2, 0.25) is 0 Å². The van der Waals surface area contributed by atoms with Crippen LogP contribution in [0.3, 0.4) is 0 Å². The van der Waals surface area contributed by atoms with Gasteiger partial charge in [-0.25, -0.2) is 9.37 Å². The predicted molar refractivity (Wildman–Crippen MR) is 73.2 cm³/mol. The first-order valence-corrected chi connectivity index (χ1v) is 6.25. The van der Waals surface area contributed by atoms with Crippen LogP contribution in [-0.2, 0) is 4.74 Å². The Hall–Kier alpha value is -1.88. The molecule has 4 nitrogen and oxygen atoms in total. The van der Waals surface area contributed by atoms with Crippen LogP contribution < -0.4 is 5.32 Å². The van der Waals surface area contributed by atoms with Crippen molar-refractivity contribution in [3.05, 3.63) is 42.0 Å². The molecule has 0 aliphatic carbocycles. The molecule has 0 atom stereocenters. The summed E-state index contributed by atoms with van der Waals surface area (Å²) >= 11 is 0. The fraction of sp³-hybridized carbons (Fsp3) is 0.357. The number of hydrogen-bond acceptors (Lipinski definition) is 3. The molecule has 0 spiro atoms. The molecular formula is C14H18FN3O. The van der Waals surface area contributed by atoms with Crippen LogP contribution in [0.5, 0.6) is 0 Å². The maximum Gasteiger partial charge on any atom is 0.207 e. The molecule has 0 saturated carbocycles. The maximum atomic E-state index is 13.9. The number of benzene rings is 1. The fourth-order valence-electron chi connectivity index (χ4n) is 1.85. The van der Waals surface area contributed by atoms with Crippen molar-refractivity contribution >= 4 is 5.95 Å². The molecule has 0 fully saturated rings. The number of nitrogens with one attached hydrogen (secondary N) is 1. The number of rotatable bonds is 6. The number of halogens is 1. The third kappa shape index (κ3) is 3.32. The Morgan fingerprint density at radius 3 is 3.00 bits per heavy atom. The van der Waals surface area contributed by atoms with Crippen LogP contribution in [-0.4, -0.2) is 29.8 Å². The van der Waals surface area contributed by atoms with Gasteiger partial charge in [0.2, 0.25) is 5.95 Å². The van der Waals surface area contributed by atoms with Gasteiger partial charge in [-0.2, -0.15) is 0 Å². The van der Waals surface area contributed by atoms with Gasteiger partial charge in [0.1, 0.15) is 5.82 Å². The molecule has 1 aromatic heterocycles. The van der Waals surface area contributed by atoms with E-state index in [1.807, 2.05) is 13.0 Å². The summed E-state index contributed by atoms with van der Waals surface area (Å²) in [7, 11) is 1.67. The standard InChI is InChI=1S/C14H18FN3O/c1-11-4-5-13(12(15)10-11)18-8-7-17-14(18)16-6-3-9-19-2/h4-5,7-8,10H,3,6,9H2,1-2H3,(H,16,17). The largest absolute Gasteiger partial charge is 0.385 e. The zero-order chi connectivity index (χ0) is 13.7. The average Bonchev–Trinajstić information content (AvgIpc) is 2.83. The molecule has 0 aliphatic rings. The van der Waals surface area contributed by atoms with Crippen molar-refractivity contribution in [1.29, 1.82) is 0 Å². The number of methoxy groups -OCH3 is 1. The summed E-state index contributed by atoms with van der Waals surface area (Å²) in [4.78, 5) is 4.20. The van der Waals surface area contributed by atoms with Gasteiger partial charge in [0.15, 0.2) is 0 Å². The molecule has 1 N–H and O–H groups in total. The van der Waals surface area contributed by atoms with Crippen LogP contribution in [0.15, 0.2) is 30.6 Å². The SMILES string of the molecule is COCCCNc1nccn1-c1ccc(C)cc1F. The molecule has 0 saturated heterocycles. The van der Waals surface area contributed by atoms with Crippen molar-refractivity contribution in [3.8, 4) is 5.69 Å². The Bertz CT molecular complexity index is 539. The first-order chi connectivity index (χ1) is 9.22. The molecule has 0 bridgehead atoms. The number of anilines is 1. The topological polar surface area (TPSA) is 39.1 Å². The van der Waals surface area contributed by atoms with E-state index in [9.17, 15) is 4.39 Å². The molecular weight excluding hydrogens is 245 g/mol. The van der Waals surface area contributed by atoms with Crippen molar-refractivity contribution in [2.75, 3.05) is 25.6 Å². The van der Waals surface area contributed by atoms with Crippen molar-refractivity contribution in [1.82, 2.24) is 9.55 Å². The molecule has 0 unspecified atom stereocenters. The van der Waals surface area contributed by atoms with E-state index in [4.69, 9.17) is 4.74 Å². The van der Waals surface area contributed by atoms with E-state index < -0.39 is 0 Å². The van der Waals surface area contributed by atoms with Gasteiger partial charge in [0, 0.05) is 32.7 Å². The predicted octanol–water partition coefficient (Wildman–Crippen LogP) is 2.77. The number of aryl methyl sites for hydroxylation is 1. The van der Waals surface area contributed by atoms with Crippen molar-refractivity contribution in [3.63, 3.8) is 0 Å². The summed E-state index contributed by atoms with van der Waals surface area (Å²) in [6.45, 7) is 3.29. The van der Waals surface area contributed by atoms with E-state index >= 15 is 0 Å². The van der Waals surface area contributed by atoms with Gasteiger partial charge in [0.25, 0.3) is 0 Å². The number of hydrogen-bond donors (Lipinski definition) is 1. The highest BCUT2D eigenvalue weighted by Crippen LogP contribution is 2.18. The Labute approximate surface area is 112 Å². The third-order valence-corrected chi connectivity index (χ3v) is 2.81. The van der Waals surface area contributed by atoms with Gasteiger partial charge in [-0.05, 0) is 31.0 Å². The average molecular weight is 263 g/mol. The Morgan fingerprint density at radius 2 is 2.26 bits per heavy atom. The lowest BCUT2D eigenvalue weighted by Gasteiger charge is -2.11. The van der Waals surface area contributed by atoms with E-state index in [0.29, 0.717) is 18.2 Å². The molecule has 0 radical (unpaired) electrons. The number of nitrogens with zero attached hydrogens (tertiary/aromatic N) is 2. The summed E-state index contributed by atoms with van der Waals surface area (Å²) in [6.07, 6.45) is 4.27. The fourth-order valence-corrected chi connectivity index (χ4v) is 1.85. The van der Waals surface area contributed by atoms with Gasteiger partial charge in [-0.15, -0.1) is 0 Å². The minimum Gasteiger partial charge on any atom is -0.385 e. The molecule has 1 heterocycles. The molecule has 0 amide bonds. The van der Waals surface area contributed by atoms with E-state index in [-0.39, 0.29) is 5.82 Å². The van der Waals surface area contributed by atoms with Crippen molar-refractivity contribution in [2.45, 2.75) is 13.3 Å². The van der Waals surface area contributed by atoms with Crippen LogP contribution in [0.4, 0.5) is 10.3 Å². The van der Waals surface area contributed by atoms with E-state index in [2.05, 4.69) is 10.3 Å². The molecule has 102 valence electrons. The Morgan fingerprint density at radius 1 is 1.42 bits per heavy atom. The van der Waals surface area contributed by atoms with Crippen molar-refractivity contribution in [2.24, 2.45) is 0 Å². The highest BCUT2D eigenvalue weighted by molar-refractivity contribution is 5.43. The molecule has 5 heteroatoms. The lowest BCUT2D eigenvalue weighted by atomic mass is 10.2. The lowest BCUT2D eigenvalue weighted by molar-refractivity contribution is 0.197. The minimum absolute atomic E-state index is 0.252. The molecule has 2 rings (SSSR count). The monoisotopic (exact) mass is 263 g/mol. The van der Waals surface area contributed by atoms with Crippen molar-refractivity contribution < 1.29 is 9.13 Å². The maximum absolute atomic E-state index is 13.9. The summed E-state index contributed by atoms with van der Waals surface area (Å²) in [6, 6.07) is 5.16. The summed E-state index contributed by atoms with van der Waals surface area (Å²) < 4.78 is 20.6. The smallest absolute Gasteiger partial charge is 0.207 e. The minimum atomic E-state index is -0.252. The van der Waals surface area contributed by atoms with Gasteiger partial charge in [-0.1, -0.05) is 6.07 Å². The molecule has 0 aliphatic heterocycles. The van der Waals surface area contributed by atoms with Crippen LogP contribution >= 0.6 is 0 Å². The van der Waals surface area contributed by atoms with Crippen LogP contribution in [0.1, 0.15) is 12.0 Å². The quantitative estimate of drug-likeness (QED) is 0.814. The van der Waals surface area contributed by atoms with Gasteiger partial charge in [0.05, 0.1) is 5.69 Å². The number of ether oxygens (including phenoxy) is 1. The van der Waals surface area contributed by atoms with Gasteiger partial charge >= 0.3 is 0 Å². The second-order valence-electron chi connectivity index (χ2n) is 4.35. The summed E-state index contributed by atoms with van der Waals surface area (Å²) in [5, 5.41) is 3.17. The molecule has 19 heavy (non-hydrogen) atoms. The first-order valence-electron chi connectivity index (χ1n) is 6.25. The number of aromatic nitrogens is 2. The van der Waals surface area contributed by atoms with E-state index in [1.165, 1.54) is 6.07 Å². The van der Waals surface area contributed by atoms with Crippen LogP contribution in [0, 0.1) is 12.7 Å². The third-order valence-electron chi connectivity index (χ3n) is 2.81. The van der Waals surface area contributed by atoms with Gasteiger partial charge < -0.3 is 10.1 Å². The first kappa shape index (κ1) is 13.5. The highest BCUT2D eigenvalue weighted by Gasteiger charge is 2.09. The molecule has 2 aromatic rings. The van der Waals surface area contributed by atoms with E-state index in [1.54, 1.807) is 30.1 Å². The number of imidazole rings is 1. The Balaban J connectivity index is 2.14. The normalized spacial score (nSPS) is 10.7. The second kappa shape index (κ2) is 6.33. The summed E-state index contributed by atoms with van der Waals surface area (Å²) in [5.74, 6) is 0.386. The second-order valence-corrected chi connectivity index (χ2v) is 4.35. The van der Waals surface area contributed by atoms with Crippen LogP contribution in [0.25, 0.3) is 5.69 Å².